The van der Waals surface area contributed by atoms with Crippen molar-refractivity contribution in [2.45, 2.75) is 38.5 Å². The van der Waals surface area contributed by atoms with Crippen molar-refractivity contribution in [1.29, 1.82) is 0 Å². The summed E-state index contributed by atoms with van der Waals surface area (Å²) >= 11 is 0. The zero-order valence-electron chi connectivity index (χ0n) is 36.1. The molecule has 0 nitrogen and oxygen atoms in total. The van der Waals surface area contributed by atoms with Gasteiger partial charge in [-0.3, -0.25) is 11.8 Å². The summed E-state index contributed by atoms with van der Waals surface area (Å²) in [5.41, 5.74) is 12.3. The third-order valence-electron chi connectivity index (χ3n) is 11.9. The Balaban J connectivity index is 0.000000182. The van der Waals surface area contributed by atoms with Crippen LogP contribution in [0.3, 0.4) is 0 Å². The average Bonchev–Trinajstić information content (AvgIpc) is 3.68. The summed E-state index contributed by atoms with van der Waals surface area (Å²) in [6, 6.07) is 62.5. The normalized spacial score (nSPS) is 13.4. The van der Waals surface area contributed by atoms with Crippen LogP contribution in [0.2, 0.25) is 0 Å². The molecule has 7 aromatic rings. The summed E-state index contributed by atoms with van der Waals surface area (Å²) in [5, 5.41) is 4.45. The van der Waals surface area contributed by atoms with Gasteiger partial charge in [0.2, 0.25) is 0 Å². The average molecular weight is 1220 g/mol. The molecule has 4 heteroatoms. The molecule has 318 valence electrons. The zero-order chi connectivity index (χ0) is 42.8. The first-order valence-corrected chi connectivity index (χ1v) is 24.3. The fraction of sp³-hybridized carbons (Fsp3) is 0.119. The van der Waals surface area contributed by atoms with Crippen LogP contribution in [-0.4, -0.2) is 5.90 Å². The van der Waals surface area contributed by atoms with E-state index in [4.69, 9.17) is 12.8 Å². The minimum atomic E-state index is -0.838. The third kappa shape index (κ3) is 11.1. The number of benzene rings is 7. The number of allylic oxidation sites excluding steroid dienone is 4. The Morgan fingerprint density at radius 1 is 0.460 bits per heavy atom. The number of fused-ring (bicyclic) bond motifs is 6. The molecule has 0 spiro atoms. The smallest absolute Gasteiger partial charge is 0.366 e. The maximum absolute atomic E-state index is 7.25. The van der Waals surface area contributed by atoms with Gasteiger partial charge in [-0.05, 0) is 87.0 Å². The number of hydrogen-bond acceptors (Lipinski definition) is 0. The van der Waals surface area contributed by atoms with E-state index in [9.17, 15) is 0 Å². The molecule has 1 unspecified atom stereocenters. The van der Waals surface area contributed by atoms with Crippen LogP contribution in [0.1, 0.15) is 61.1 Å². The molecule has 0 fully saturated rings. The molecule has 1 atom stereocenters. The van der Waals surface area contributed by atoms with Crippen molar-refractivity contribution in [3.05, 3.63) is 259 Å². The summed E-state index contributed by atoms with van der Waals surface area (Å²) in [6.07, 6.45) is 22.6. The SMILES string of the molecule is C=C/C=C\C=C\[PH+](C[PH+](c1ccccc1)c1ccccc1)c1ccccc1.[Au+].[Au+].[C-]#Cc1ccc2c(c1)-c1ccccc1C2(C)C.[C-]#Cc1ccc2c(c1)C(C)(C)c1ccccc1-2. The molecule has 2 aliphatic carbocycles. The summed E-state index contributed by atoms with van der Waals surface area (Å²) in [6.45, 7) is 12.7. The molecule has 0 amide bonds. The van der Waals surface area contributed by atoms with Gasteiger partial charge in [-0.1, -0.05) is 168 Å². The van der Waals surface area contributed by atoms with Crippen molar-refractivity contribution in [2.75, 3.05) is 5.90 Å². The van der Waals surface area contributed by atoms with E-state index in [2.05, 4.69) is 228 Å². The van der Waals surface area contributed by atoms with Gasteiger partial charge in [-0.15, -0.1) is 35.4 Å². The van der Waals surface area contributed by atoms with E-state index in [1.807, 2.05) is 24.3 Å². The molecule has 2 aliphatic rings. The topological polar surface area (TPSA) is 0 Å². The van der Waals surface area contributed by atoms with Gasteiger partial charge in [-0.25, -0.2) is 0 Å². The van der Waals surface area contributed by atoms with Crippen LogP contribution in [0.5, 0.6) is 0 Å². The molecule has 0 saturated carbocycles. The fourth-order valence-corrected chi connectivity index (χ4v) is 15.8. The van der Waals surface area contributed by atoms with Gasteiger partial charge in [0, 0.05) is 10.8 Å². The van der Waals surface area contributed by atoms with Gasteiger partial charge in [0.1, 0.15) is 18.5 Å². The summed E-state index contributed by atoms with van der Waals surface area (Å²) in [5.74, 6) is 8.59. The first-order valence-electron chi connectivity index (χ1n) is 20.9. The Morgan fingerprint density at radius 3 is 1.43 bits per heavy atom. The van der Waals surface area contributed by atoms with E-state index in [0.29, 0.717) is 0 Å². The van der Waals surface area contributed by atoms with E-state index < -0.39 is 15.8 Å². The third-order valence-corrected chi connectivity index (χ3v) is 18.5. The largest absolute Gasteiger partial charge is 1.00 e. The van der Waals surface area contributed by atoms with Gasteiger partial charge in [0.25, 0.3) is 0 Å². The van der Waals surface area contributed by atoms with Gasteiger partial charge in [-0.2, -0.15) is 0 Å². The molecular formula is C59H52Au2P2+2. The standard InChI is InChI=1S/C25H24P2.2C17H13.2Au/c1-2-3-4-14-21-26(23-15-8-5-9-16-23)22-27(24-17-10-6-11-18-24)25-19-12-7-13-20-25;1-4-12-9-10-16-14(11-12)13-7-5-6-8-15(13)17(16,2)3;1-4-12-9-10-14-13-7-5-6-8-15(13)17(2,3)16(14)11-12;;/h2-21H,1,22H2;2*5-11H,2-3H3;;/q;2*-1;2*+1/p+2/b4-3-,21-14+;;;;. The predicted octanol–water partition coefficient (Wildman–Crippen LogP) is 13.5. The Kier molecular flexibility index (Phi) is 17.8. The van der Waals surface area contributed by atoms with E-state index in [1.165, 1.54) is 66.3 Å². The van der Waals surface area contributed by atoms with Gasteiger partial charge in [0.05, 0.1) is 19.0 Å². The number of rotatable bonds is 8. The van der Waals surface area contributed by atoms with E-state index in [0.717, 1.165) is 11.1 Å². The molecule has 0 bridgehead atoms. The predicted molar refractivity (Wildman–Crippen MR) is 269 cm³/mol. The van der Waals surface area contributed by atoms with Gasteiger partial charge < -0.3 is 12.8 Å². The van der Waals surface area contributed by atoms with Crippen molar-refractivity contribution in [2.24, 2.45) is 0 Å². The first kappa shape index (κ1) is 49.2. The second-order valence-corrected chi connectivity index (χ2v) is 21.9. The van der Waals surface area contributed by atoms with Crippen LogP contribution >= 0.6 is 15.8 Å². The molecule has 7 aromatic carbocycles. The summed E-state index contributed by atoms with van der Waals surface area (Å²) in [4.78, 5) is 0. The Labute approximate surface area is 410 Å². The van der Waals surface area contributed by atoms with E-state index in [-0.39, 0.29) is 55.6 Å². The molecule has 0 aliphatic heterocycles. The summed E-state index contributed by atoms with van der Waals surface area (Å²) < 4.78 is 0. The summed E-state index contributed by atoms with van der Waals surface area (Å²) in [7, 11) is -1.65. The van der Waals surface area contributed by atoms with E-state index in [1.54, 1.807) is 0 Å². The quantitative estimate of drug-likeness (QED) is 0.0468. The molecule has 0 radical (unpaired) electrons. The van der Waals surface area contributed by atoms with Crippen molar-refractivity contribution >= 4 is 31.8 Å². The molecular weight excluding hydrogens is 1160 g/mol. The van der Waals surface area contributed by atoms with Crippen LogP contribution < -0.4 is 15.9 Å². The Morgan fingerprint density at radius 2 is 0.889 bits per heavy atom. The Bertz CT molecular complexity index is 2730. The van der Waals surface area contributed by atoms with Crippen LogP contribution in [0.4, 0.5) is 0 Å². The molecule has 63 heavy (non-hydrogen) atoms. The van der Waals surface area contributed by atoms with E-state index >= 15 is 0 Å². The van der Waals surface area contributed by atoms with Crippen LogP contribution in [0.15, 0.2) is 213 Å². The molecule has 9 rings (SSSR count). The van der Waals surface area contributed by atoms with Crippen LogP contribution in [-0.2, 0) is 55.6 Å². The van der Waals surface area contributed by atoms with Gasteiger partial charge >= 0.3 is 44.8 Å². The van der Waals surface area contributed by atoms with Crippen molar-refractivity contribution in [3.8, 4) is 34.1 Å². The number of hydrogen-bond donors (Lipinski definition) is 0. The molecule has 0 heterocycles. The maximum Gasteiger partial charge on any atom is 1.00 e. The Hall–Kier alpha value is -4.78. The van der Waals surface area contributed by atoms with Crippen LogP contribution in [0.25, 0.3) is 22.3 Å². The van der Waals surface area contributed by atoms with Crippen molar-refractivity contribution in [1.82, 2.24) is 0 Å². The van der Waals surface area contributed by atoms with Crippen molar-refractivity contribution in [3.63, 3.8) is 0 Å². The molecule has 0 N–H and O–H groups in total. The van der Waals surface area contributed by atoms with Crippen molar-refractivity contribution < 1.29 is 44.8 Å². The first-order chi connectivity index (χ1) is 29.7. The fourth-order valence-electron chi connectivity index (χ4n) is 8.64. The monoisotopic (exact) mass is 1220 g/mol. The van der Waals surface area contributed by atoms with Gasteiger partial charge in [0.15, 0.2) is 5.90 Å². The zero-order valence-corrected chi connectivity index (χ0v) is 42.5. The van der Waals surface area contributed by atoms with Crippen LogP contribution in [0, 0.1) is 24.7 Å². The second kappa shape index (κ2) is 22.7. The minimum Gasteiger partial charge on any atom is -0.366 e. The minimum absolute atomic E-state index is 0. The second-order valence-electron chi connectivity index (χ2n) is 16.4. The maximum atomic E-state index is 7.25. The molecule has 0 aromatic heterocycles. The molecule has 0 saturated heterocycles.